The van der Waals surface area contributed by atoms with Gasteiger partial charge in [-0.1, -0.05) is 41.9 Å². The summed E-state index contributed by atoms with van der Waals surface area (Å²) in [4.78, 5) is 32.2. The van der Waals surface area contributed by atoms with Gasteiger partial charge in [-0.25, -0.2) is 14.3 Å². The highest BCUT2D eigenvalue weighted by Crippen LogP contribution is 2.23. The zero-order chi connectivity index (χ0) is 21.5. The summed E-state index contributed by atoms with van der Waals surface area (Å²) in [6, 6.07) is 16.7. The summed E-state index contributed by atoms with van der Waals surface area (Å²) in [6.45, 7) is 2.62. The molecule has 2 aromatic heterocycles. The minimum Gasteiger partial charge on any atom is -0.318 e. The lowest BCUT2D eigenvalue weighted by atomic mass is 10.1. The van der Waals surface area contributed by atoms with Gasteiger partial charge in [0.05, 0.1) is 17.9 Å². The van der Waals surface area contributed by atoms with Crippen LogP contribution in [-0.2, 0) is 13.0 Å². The molecule has 1 aliphatic rings. The van der Waals surface area contributed by atoms with Crippen LogP contribution >= 0.6 is 11.6 Å². The van der Waals surface area contributed by atoms with Crippen molar-refractivity contribution in [2.75, 3.05) is 11.9 Å². The van der Waals surface area contributed by atoms with Crippen molar-refractivity contribution in [2.45, 2.75) is 19.9 Å². The van der Waals surface area contributed by atoms with Crippen molar-refractivity contribution in [1.29, 1.82) is 0 Å². The van der Waals surface area contributed by atoms with Crippen LogP contribution in [0.15, 0.2) is 59.4 Å². The lowest BCUT2D eigenvalue weighted by Gasteiger charge is -2.28. The number of carbonyl (C=O) groups excluding carboxylic acids is 1. The number of benzene rings is 2. The summed E-state index contributed by atoms with van der Waals surface area (Å²) in [5.74, 6) is 0. The monoisotopic (exact) mass is 433 g/mol. The van der Waals surface area contributed by atoms with Gasteiger partial charge in [0.2, 0.25) is 0 Å². The Balaban J connectivity index is 1.43. The number of nitrogens with one attached hydrogen (secondary N) is 2. The number of amides is 2. The van der Waals surface area contributed by atoms with Gasteiger partial charge in [-0.15, -0.1) is 0 Å². The number of nitrogens with zero attached hydrogens (tertiary/aromatic N) is 3. The van der Waals surface area contributed by atoms with E-state index in [-0.39, 0.29) is 18.1 Å². The molecular formula is C23H20ClN5O2. The van der Waals surface area contributed by atoms with Crippen molar-refractivity contribution < 1.29 is 4.79 Å². The molecule has 8 heteroatoms. The minimum absolute atomic E-state index is 0.115. The molecule has 0 bridgehead atoms. The van der Waals surface area contributed by atoms with Crippen molar-refractivity contribution in [3.8, 4) is 11.3 Å². The number of hydrogen-bond donors (Lipinski definition) is 2. The molecule has 0 saturated carbocycles. The van der Waals surface area contributed by atoms with Gasteiger partial charge in [-0.3, -0.25) is 9.89 Å². The predicted octanol–water partition coefficient (Wildman–Crippen LogP) is 4.24. The van der Waals surface area contributed by atoms with E-state index in [9.17, 15) is 9.59 Å². The van der Waals surface area contributed by atoms with Crippen LogP contribution in [0.3, 0.4) is 0 Å². The van der Waals surface area contributed by atoms with Crippen molar-refractivity contribution in [3.05, 3.63) is 86.8 Å². The lowest BCUT2D eigenvalue weighted by Crippen LogP contribution is -2.41. The Hall–Kier alpha value is -3.58. The van der Waals surface area contributed by atoms with E-state index >= 15 is 0 Å². The van der Waals surface area contributed by atoms with Crippen LogP contribution in [-0.4, -0.2) is 32.1 Å². The van der Waals surface area contributed by atoms with Gasteiger partial charge in [-0.05, 0) is 42.7 Å². The maximum Gasteiger partial charge on any atom is 0.322 e. The predicted molar refractivity (Wildman–Crippen MR) is 121 cm³/mol. The van der Waals surface area contributed by atoms with Crippen LogP contribution in [0.5, 0.6) is 0 Å². The number of aryl methyl sites for hydroxylation is 1. The number of halogens is 1. The van der Waals surface area contributed by atoms with Crippen LogP contribution in [0.1, 0.15) is 16.8 Å². The van der Waals surface area contributed by atoms with Crippen molar-refractivity contribution >= 4 is 29.0 Å². The molecule has 0 fully saturated rings. The van der Waals surface area contributed by atoms with E-state index < -0.39 is 0 Å². The summed E-state index contributed by atoms with van der Waals surface area (Å²) >= 11 is 6.00. The molecule has 0 aliphatic carbocycles. The van der Waals surface area contributed by atoms with Gasteiger partial charge in [-0.2, -0.15) is 0 Å². The van der Waals surface area contributed by atoms with Crippen LogP contribution in [0.25, 0.3) is 16.9 Å². The number of carbonyl (C=O) groups is 1. The van der Waals surface area contributed by atoms with E-state index in [0.29, 0.717) is 40.6 Å². The number of hydrogen-bond acceptors (Lipinski definition) is 3. The molecular weight excluding hydrogens is 414 g/mol. The normalized spacial score (nSPS) is 13.3. The summed E-state index contributed by atoms with van der Waals surface area (Å²) < 4.78 is 1.48. The van der Waals surface area contributed by atoms with E-state index in [0.717, 1.165) is 16.8 Å². The van der Waals surface area contributed by atoms with Crippen LogP contribution in [0, 0.1) is 6.92 Å². The van der Waals surface area contributed by atoms with Gasteiger partial charge < -0.3 is 10.2 Å². The summed E-state index contributed by atoms with van der Waals surface area (Å²) in [5.41, 5.74) is 5.10. The molecule has 0 saturated heterocycles. The third kappa shape index (κ3) is 3.57. The van der Waals surface area contributed by atoms with Gasteiger partial charge in [0.25, 0.3) is 5.56 Å². The molecule has 1 aliphatic heterocycles. The Labute approximate surface area is 183 Å². The first-order valence-electron chi connectivity index (χ1n) is 10.0. The van der Waals surface area contributed by atoms with E-state index in [1.165, 1.54) is 4.52 Å². The molecule has 2 aromatic carbocycles. The second-order valence-electron chi connectivity index (χ2n) is 7.63. The van der Waals surface area contributed by atoms with Crippen LogP contribution in [0.4, 0.5) is 10.5 Å². The van der Waals surface area contributed by atoms with Gasteiger partial charge in [0, 0.05) is 28.9 Å². The number of fused-ring (bicyclic) bond motifs is 2. The first-order chi connectivity index (χ1) is 15.0. The van der Waals surface area contributed by atoms with Crippen molar-refractivity contribution in [1.82, 2.24) is 19.5 Å². The zero-order valence-electron chi connectivity index (χ0n) is 16.9. The largest absolute Gasteiger partial charge is 0.322 e. The summed E-state index contributed by atoms with van der Waals surface area (Å²) in [5, 5.41) is 6.69. The molecule has 3 heterocycles. The number of H-pyrrole nitrogens is 1. The number of aromatic amines is 1. The number of anilines is 1. The third-order valence-corrected chi connectivity index (χ3v) is 5.80. The summed E-state index contributed by atoms with van der Waals surface area (Å²) in [6.07, 6.45) is 0.455. The molecule has 7 nitrogen and oxygen atoms in total. The van der Waals surface area contributed by atoms with Gasteiger partial charge in [0.15, 0.2) is 5.65 Å². The van der Waals surface area contributed by atoms with E-state index in [2.05, 4.69) is 15.4 Å². The maximum atomic E-state index is 13.0. The standard InChI is InChI=1S/C23H20ClN5O2/c1-14-11-16(24)7-8-18(14)26-23(31)28-10-9-17-20(13-28)25-21-12-19(27-29(21)22(17)30)15-5-3-2-4-6-15/h2-8,11-12,27H,9-10,13H2,1H3,(H,26,31). The Kier molecular flexibility index (Phi) is 4.75. The number of rotatable bonds is 2. The lowest BCUT2D eigenvalue weighted by molar-refractivity contribution is 0.205. The first-order valence-corrected chi connectivity index (χ1v) is 10.4. The number of urea groups is 1. The van der Waals surface area contributed by atoms with Crippen molar-refractivity contribution in [3.63, 3.8) is 0 Å². The molecule has 31 heavy (non-hydrogen) atoms. The smallest absolute Gasteiger partial charge is 0.318 e. The van der Waals surface area contributed by atoms with E-state index in [1.54, 1.807) is 23.1 Å². The Morgan fingerprint density at radius 2 is 1.97 bits per heavy atom. The third-order valence-electron chi connectivity index (χ3n) is 5.57. The summed E-state index contributed by atoms with van der Waals surface area (Å²) in [7, 11) is 0. The molecule has 156 valence electrons. The van der Waals surface area contributed by atoms with Gasteiger partial charge >= 0.3 is 6.03 Å². The van der Waals surface area contributed by atoms with E-state index in [1.807, 2.05) is 43.3 Å². The molecule has 2 amide bonds. The second kappa shape index (κ2) is 7.59. The molecule has 5 rings (SSSR count). The minimum atomic E-state index is -0.225. The SMILES string of the molecule is Cc1cc(Cl)ccc1NC(=O)N1CCc2c(nc3cc(-c4ccccc4)[nH]n3c2=O)C1. The highest BCUT2D eigenvalue weighted by molar-refractivity contribution is 6.30. The Morgan fingerprint density at radius 3 is 2.74 bits per heavy atom. The first kappa shape index (κ1) is 19.4. The average molecular weight is 434 g/mol. The molecule has 2 N–H and O–H groups in total. The molecule has 4 aromatic rings. The zero-order valence-corrected chi connectivity index (χ0v) is 17.6. The molecule has 0 atom stereocenters. The fourth-order valence-corrected chi connectivity index (χ4v) is 4.12. The van der Waals surface area contributed by atoms with Crippen molar-refractivity contribution in [2.24, 2.45) is 0 Å². The fourth-order valence-electron chi connectivity index (χ4n) is 3.89. The molecule has 0 radical (unpaired) electrons. The molecule has 0 unspecified atom stereocenters. The van der Waals surface area contributed by atoms with Crippen LogP contribution < -0.4 is 10.9 Å². The highest BCUT2D eigenvalue weighted by Gasteiger charge is 2.25. The number of aromatic nitrogens is 3. The quantitative estimate of drug-likeness (QED) is 0.496. The molecule has 0 spiro atoms. The fraction of sp³-hybridized carbons (Fsp3) is 0.174. The average Bonchev–Trinajstić information content (AvgIpc) is 3.20. The van der Waals surface area contributed by atoms with E-state index in [4.69, 9.17) is 11.6 Å². The van der Waals surface area contributed by atoms with Crippen LogP contribution in [0.2, 0.25) is 5.02 Å². The topological polar surface area (TPSA) is 82.5 Å². The highest BCUT2D eigenvalue weighted by atomic mass is 35.5. The second-order valence-corrected chi connectivity index (χ2v) is 8.07. The maximum absolute atomic E-state index is 13.0. The Morgan fingerprint density at radius 1 is 1.16 bits per heavy atom. The van der Waals surface area contributed by atoms with Gasteiger partial charge in [0.1, 0.15) is 0 Å². The Bertz CT molecular complexity index is 1360.